The van der Waals surface area contributed by atoms with Crippen LogP contribution in [0.1, 0.15) is 19.3 Å². The lowest BCUT2D eigenvalue weighted by Crippen LogP contribution is -2.45. The number of rotatable bonds is 4. The summed E-state index contributed by atoms with van der Waals surface area (Å²) in [5, 5.41) is 2.73. The molecule has 0 radical (unpaired) electrons. The van der Waals surface area contributed by atoms with Crippen LogP contribution in [0.3, 0.4) is 0 Å². The van der Waals surface area contributed by atoms with Gasteiger partial charge in [0, 0.05) is 12.7 Å². The summed E-state index contributed by atoms with van der Waals surface area (Å²) in [4.78, 5) is 16.9. The van der Waals surface area contributed by atoms with Crippen LogP contribution in [0, 0.1) is 0 Å². The SMILES string of the molecule is O=C1NCCCC[C@H]1NS(=O)(=O)c1ccc(-c2ccccn2)s1. The van der Waals surface area contributed by atoms with Gasteiger partial charge in [-0.25, -0.2) is 8.42 Å². The molecule has 0 aromatic carbocycles. The average Bonchev–Trinajstić information content (AvgIpc) is 2.97. The summed E-state index contributed by atoms with van der Waals surface area (Å²) in [5.74, 6) is -0.257. The first-order chi connectivity index (χ1) is 11.1. The van der Waals surface area contributed by atoms with Crippen LogP contribution in [-0.2, 0) is 14.8 Å². The van der Waals surface area contributed by atoms with Gasteiger partial charge in [0.15, 0.2) is 0 Å². The van der Waals surface area contributed by atoms with Gasteiger partial charge in [0.05, 0.1) is 10.6 Å². The molecule has 2 N–H and O–H groups in total. The van der Waals surface area contributed by atoms with Crippen molar-refractivity contribution in [1.29, 1.82) is 0 Å². The number of carbonyl (C=O) groups is 1. The third-order valence-electron chi connectivity index (χ3n) is 3.60. The van der Waals surface area contributed by atoms with Crippen LogP contribution in [0.4, 0.5) is 0 Å². The van der Waals surface area contributed by atoms with Gasteiger partial charge in [-0.2, -0.15) is 4.72 Å². The van der Waals surface area contributed by atoms with Crippen molar-refractivity contribution >= 4 is 27.3 Å². The predicted octanol–water partition coefficient (Wildman–Crippen LogP) is 1.76. The van der Waals surface area contributed by atoms with Gasteiger partial charge in [-0.1, -0.05) is 6.07 Å². The maximum atomic E-state index is 12.5. The quantitative estimate of drug-likeness (QED) is 0.878. The van der Waals surface area contributed by atoms with E-state index in [4.69, 9.17) is 0 Å². The van der Waals surface area contributed by atoms with Crippen molar-refractivity contribution < 1.29 is 13.2 Å². The molecule has 0 saturated carbocycles. The van der Waals surface area contributed by atoms with E-state index in [2.05, 4.69) is 15.0 Å². The molecule has 1 saturated heterocycles. The zero-order valence-corrected chi connectivity index (χ0v) is 14.0. The summed E-state index contributed by atoms with van der Waals surface area (Å²) >= 11 is 1.14. The minimum absolute atomic E-state index is 0.190. The smallest absolute Gasteiger partial charge is 0.250 e. The van der Waals surface area contributed by atoms with Gasteiger partial charge in [0.1, 0.15) is 10.3 Å². The second-order valence-electron chi connectivity index (χ2n) is 5.29. The number of nitrogens with one attached hydrogen (secondary N) is 2. The van der Waals surface area contributed by atoms with Gasteiger partial charge in [-0.15, -0.1) is 11.3 Å². The van der Waals surface area contributed by atoms with Crippen molar-refractivity contribution in [2.75, 3.05) is 6.54 Å². The minimum Gasteiger partial charge on any atom is -0.355 e. The number of amides is 1. The number of pyridine rings is 1. The van der Waals surface area contributed by atoms with E-state index in [9.17, 15) is 13.2 Å². The molecule has 23 heavy (non-hydrogen) atoms. The van der Waals surface area contributed by atoms with Gasteiger partial charge in [-0.05, 0) is 43.5 Å². The van der Waals surface area contributed by atoms with Crippen LogP contribution in [0.5, 0.6) is 0 Å². The summed E-state index contributed by atoms with van der Waals surface area (Å²) < 4.78 is 27.7. The van der Waals surface area contributed by atoms with Gasteiger partial charge in [0.2, 0.25) is 5.91 Å². The molecule has 1 aliphatic heterocycles. The molecule has 1 amide bonds. The average molecular weight is 351 g/mol. The van der Waals surface area contributed by atoms with Gasteiger partial charge in [-0.3, -0.25) is 9.78 Å². The van der Waals surface area contributed by atoms with Crippen molar-refractivity contribution in [2.45, 2.75) is 29.5 Å². The van der Waals surface area contributed by atoms with Gasteiger partial charge >= 0.3 is 0 Å². The fourth-order valence-electron chi connectivity index (χ4n) is 2.41. The second-order valence-corrected chi connectivity index (χ2v) is 8.32. The molecular formula is C15H17N3O3S2. The van der Waals surface area contributed by atoms with E-state index in [1.807, 2.05) is 12.1 Å². The number of aromatic nitrogens is 1. The highest BCUT2D eigenvalue weighted by Gasteiger charge is 2.27. The highest BCUT2D eigenvalue weighted by atomic mass is 32.2. The Morgan fingerprint density at radius 3 is 2.87 bits per heavy atom. The monoisotopic (exact) mass is 351 g/mol. The van der Waals surface area contributed by atoms with Crippen LogP contribution in [-0.4, -0.2) is 31.9 Å². The summed E-state index contributed by atoms with van der Waals surface area (Å²) in [6.45, 7) is 0.597. The van der Waals surface area contributed by atoms with Crippen LogP contribution in [0.25, 0.3) is 10.6 Å². The van der Waals surface area contributed by atoms with Gasteiger partial charge in [0.25, 0.3) is 10.0 Å². The Bertz CT molecular complexity index is 787. The standard InChI is InChI=1S/C15H17N3O3S2/c19-15-12(6-2-4-10-17-15)18-23(20,21)14-8-7-13(22-14)11-5-1-3-9-16-11/h1,3,5,7-9,12,18H,2,4,6,10H2,(H,17,19)/t12-/m1/s1. The molecule has 3 rings (SSSR count). The fraction of sp³-hybridized carbons (Fsp3) is 0.333. The first kappa shape index (κ1) is 16.1. The molecule has 0 aliphatic carbocycles. The van der Waals surface area contributed by atoms with Crippen LogP contribution < -0.4 is 10.0 Å². The van der Waals surface area contributed by atoms with Crippen LogP contribution >= 0.6 is 11.3 Å². The van der Waals surface area contributed by atoms with E-state index < -0.39 is 16.1 Å². The first-order valence-corrected chi connectivity index (χ1v) is 9.67. The van der Waals surface area contributed by atoms with Gasteiger partial charge < -0.3 is 5.32 Å². The second kappa shape index (κ2) is 6.77. The number of hydrogen-bond acceptors (Lipinski definition) is 5. The van der Waals surface area contributed by atoms with Crippen molar-refractivity contribution in [1.82, 2.24) is 15.0 Å². The number of thiophene rings is 1. The Kier molecular flexibility index (Phi) is 4.74. The topological polar surface area (TPSA) is 88.2 Å². The lowest BCUT2D eigenvalue weighted by molar-refractivity contribution is -0.122. The van der Waals surface area contributed by atoms with Crippen molar-refractivity contribution in [2.24, 2.45) is 0 Å². The normalized spacial score (nSPS) is 19.1. The first-order valence-electron chi connectivity index (χ1n) is 7.37. The highest BCUT2D eigenvalue weighted by molar-refractivity contribution is 7.91. The Morgan fingerprint density at radius 2 is 2.09 bits per heavy atom. The summed E-state index contributed by atoms with van der Waals surface area (Å²) in [5.41, 5.74) is 0.728. The molecule has 1 atom stereocenters. The summed E-state index contributed by atoms with van der Waals surface area (Å²) in [6.07, 6.45) is 3.86. The molecule has 1 aliphatic rings. The number of sulfonamides is 1. The zero-order chi connectivity index (χ0) is 16.3. The molecule has 0 spiro atoms. The molecule has 6 nitrogen and oxygen atoms in total. The lowest BCUT2D eigenvalue weighted by Gasteiger charge is -2.14. The molecule has 2 aromatic rings. The molecule has 8 heteroatoms. The third-order valence-corrected chi connectivity index (χ3v) is 6.67. The lowest BCUT2D eigenvalue weighted by atomic mass is 10.1. The maximum absolute atomic E-state index is 12.5. The summed E-state index contributed by atoms with van der Waals surface area (Å²) in [6, 6.07) is 8.06. The van der Waals surface area contributed by atoms with Crippen LogP contribution in [0.15, 0.2) is 40.7 Å². The number of nitrogens with zero attached hydrogens (tertiary/aromatic N) is 1. The number of hydrogen-bond donors (Lipinski definition) is 2. The van der Waals surface area contributed by atoms with E-state index in [1.165, 1.54) is 0 Å². The molecule has 0 bridgehead atoms. The molecule has 1 fully saturated rings. The molecule has 0 unspecified atom stereocenters. The number of carbonyl (C=O) groups excluding carboxylic acids is 1. The van der Waals surface area contributed by atoms with E-state index >= 15 is 0 Å². The minimum atomic E-state index is -3.72. The van der Waals surface area contributed by atoms with E-state index in [-0.39, 0.29) is 10.1 Å². The maximum Gasteiger partial charge on any atom is 0.250 e. The van der Waals surface area contributed by atoms with Crippen molar-refractivity contribution in [3.05, 3.63) is 36.5 Å². The predicted molar refractivity (Wildman–Crippen MR) is 88.5 cm³/mol. The van der Waals surface area contributed by atoms with E-state index in [0.717, 1.165) is 34.7 Å². The zero-order valence-electron chi connectivity index (χ0n) is 12.4. The summed E-state index contributed by atoms with van der Waals surface area (Å²) in [7, 11) is -3.72. The Labute approximate surface area is 139 Å². The largest absolute Gasteiger partial charge is 0.355 e. The third kappa shape index (κ3) is 3.77. The Hall–Kier alpha value is -1.77. The molecule has 122 valence electrons. The van der Waals surface area contributed by atoms with Crippen LogP contribution in [0.2, 0.25) is 0 Å². The molecule has 2 aromatic heterocycles. The molecule has 3 heterocycles. The highest BCUT2D eigenvalue weighted by Crippen LogP contribution is 2.29. The Morgan fingerprint density at radius 1 is 1.22 bits per heavy atom. The van der Waals surface area contributed by atoms with Crippen molar-refractivity contribution in [3.8, 4) is 10.6 Å². The fourth-order valence-corrected chi connectivity index (χ4v) is 4.94. The van der Waals surface area contributed by atoms with Crippen molar-refractivity contribution in [3.63, 3.8) is 0 Å². The molecular weight excluding hydrogens is 334 g/mol. The Balaban J connectivity index is 1.80. The van der Waals surface area contributed by atoms with E-state index in [1.54, 1.807) is 24.4 Å². The van der Waals surface area contributed by atoms with E-state index in [0.29, 0.717) is 13.0 Å².